The summed E-state index contributed by atoms with van der Waals surface area (Å²) in [6.07, 6.45) is 6.88. The Kier molecular flexibility index (Phi) is 28.6. The molecule has 14 heteroatoms. The van der Waals surface area contributed by atoms with Crippen molar-refractivity contribution in [3.05, 3.63) is 347 Å². The van der Waals surface area contributed by atoms with Gasteiger partial charge in [0.1, 0.15) is 39.9 Å². The van der Waals surface area contributed by atoms with E-state index in [1.54, 1.807) is 29.9 Å². The lowest BCUT2D eigenvalue weighted by Gasteiger charge is -1.95. The van der Waals surface area contributed by atoms with Gasteiger partial charge in [-0.05, 0) is 239 Å². The molecule has 94 heavy (non-hydrogen) atoms. The zero-order valence-corrected chi connectivity index (χ0v) is 55.6. The van der Waals surface area contributed by atoms with E-state index in [0.717, 1.165) is 111 Å². The van der Waals surface area contributed by atoms with E-state index in [1.165, 1.54) is 0 Å². The SMILES string of the molecule is Cc1ccc(C#Cc2ccccc2)nc1.Cc1cccc(C#Cc2cccc(CO)c2)n1.Cc1cccc(C#Cc2ccccc2)n1.Cc1cccc(C#Cc2cncc(Br)c2)n1.Cc1cccc(C#Cc2csc(C)n2)n1.Cc1cccc(C#Cc2nncc(C)n2)n1. The summed E-state index contributed by atoms with van der Waals surface area (Å²) in [5, 5.41) is 19.6. The topological polar surface area (TPSA) is 162 Å². The number of hydrogen-bond donors (Lipinski definition) is 1. The van der Waals surface area contributed by atoms with Gasteiger partial charge in [-0.3, -0.25) is 4.98 Å². The summed E-state index contributed by atoms with van der Waals surface area (Å²) in [4.78, 5) is 38.2. The van der Waals surface area contributed by atoms with Crippen molar-refractivity contribution >= 4 is 27.3 Å². The van der Waals surface area contributed by atoms with Crippen LogP contribution < -0.4 is 0 Å². The van der Waals surface area contributed by atoms with Crippen molar-refractivity contribution in [3.63, 3.8) is 0 Å². The molecule has 0 atom stereocenters. The second-order valence-corrected chi connectivity index (χ2v) is 22.2. The number of aliphatic hydroxyl groups excluding tert-OH is 1. The van der Waals surface area contributed by atoms with Crippen LogP contribution in [0.5, 0.6) is 0 Å². The fourth-order valence-corrected chi connectivity index (χ4v) is 8.44. The minimum atomic E-state index is 0.0399. The highest BCUT2D eigenvalue weighted by molar-refractivity contribution is 9.10. The third-order valence-electron chi connectivity index (χ3n) is 12.0. The van der Waals surface area contributed by atoms with Crippen molar-refractivity contribution in [2.75, 3.05) is 0 Å². The number of hydrogen-bond acceptors (Lipinski definition) is 13. The van der Waals surface area contributed by atoms with E-state index in [2.05, 4.69) is 142 Å². The van der Waals surface area contributed by atoms with Gasteiger partial charge in [0.15, 0.2) is 0 Å². The third kappa shape index (κ3) is 27.5. The first-order valence-electron chi connectivity index (χ1n) is 29.4. The van der Waals surface area contributed by atoms with Gasteiger partial charge in [0.25, 0.3) is 0 Å². The van der Waals surface area contributed by atoms with Crippen LogP contribution in [0.15, 0.2) is 229 Å². The van der Waals surface area contributed by atoms with Crippen molar-refractivity contribution < 1.29 is 5.11 Å². The van der Waals surface area contributed by atoms with Gasteiger partial charge in [-0.25, -0.2) is 39.9 Å². The first-order valence-corrected chi connectivity index (χ1v) is 31.1. The number of thiazole rings is 1. The summed E-state index contributed by atoms with van der Waals surface area (Å²) in [6, 6.07) is 62.2. The molecule has 1 N–H and O–H groups in total. The van der Waals surface area contributed by atoms with Gasteiger partial charge >= 0.3 is 0 Å². The lowest BCUT2D eigenvalue weighted by Crippen LogP contribution is -1.94. The number of aromatic nitrogens is 11. The number of aliphatic hydroxyl groups is 1. The van der Waals surface area contributed by atoms with Gasteiger partial charge in [-0.2, -0.15) is 5.10 Å². The molecular weight excluding hydrogens is 1240 g/mol. The average molecular weight is 1310 g/mol. The maximum atomic E-state index is 9.02. The molecule has 0 aliphatic carbocycles. The highest BCUT2D eigenvalue weighted by Gasteiger charge is 1.98. The Morgan fingerprint density at radius 3 is 1.22 bits per heavy atom. The molecule has 0 amide bonds. The van der Waals surface area contributed by atoms with Crippen LogP contribution in [-0.2, 0) is 6.61 Å². The fraction of sp³-hybridized carbons (Fsp3) is 0.113. The van der Waals surface area contributed by atoms with E-state index >= 15 is 0 Å². The lowest BCUT2D eigenvalue weighted by molar-refractivity contribution is 0.282. The molecular formula is C80H64BrN11OS. The van der Waals surface area contributed by atoms with Gasteiger partial charge in [0, 0.05) is 79.2 Å². The summed E-state index contributed by atoms with van der Waals surface area (Å²) in [7, 11) is 0. The zero-order valence-electron chi connectivity index (χ0n) is 53.2. The lowest BCUT2D eigenvalue weighted by atomic mass is 10.1. The summed E-state index contributed by atoms with van der Waals surface area (Å²) in [5.74, 6) is 36.4. The highest BCUT2D eigenvalue weighted by Crippen LogP contribution is 2.10. The van der Waals surface area contributed by atoms with Crippen molar-refractivity contribution in [3.8, 4) is 71.0 Å². The molecule has 0 bridgehead atoms. The molecule has 0 radical (unpaired) electrons. The minimum absolute atomic E-state index is 0.0399. The molecule has 9 heterocycles. The Morgan fingerprint density at radius 2 is 0.787 bits per heavy atom. The third-order valence-corrected chi connectivity index (χ3v) is 13.2. The van der Waals surface area contributed by atoms with Gasteiger partial charge in [-0.1, -0.05) is 109 Å². The van der Waals surface area contributed by atoms with E-state index in [-0.39, 0.29) is 6.61 Å². The van der Waals surface area contributed by atoms with E-state index in [1.807, 2.05) is 261 Å². The molecule has 12 rings (SSSR count). The van der Waals surface area contributed by atoms with Gasteiger partial charge in [-0.15, -0.1) is 16.4 Å². The van der Waals surface area contributed by atoms with Crippen LogP contribution in [0, 0.1) is 126 Å². The molecule has 0 saturated heterocycles. The first kappa shape index (κ1) is 69.6. The average Bonchev–Trinajstić information content (AvgIpc) is 2.18. The van der Waals surface area contributed by atoms with Crippen LogP contribution in [-0.4, -0.2) is 60.2 Å². The van der Waals surface area contributed by atoms with Crippen molar-refractivity contribution in [1.82, 2.24) is 55.1 Å². The summed E-state index contributed by atoms with van der Waals surface area (Å²) in [6.45, 7) is 15.6. The minimum Gasteiger partial charge on any atom is -0.392 e. The predicted molar refractivity (Wildman–Crippen MR) is 378 cm³/mol. The molecule has 0 saturated carbocycles. The van der Waals surface area contributed by atoms with Crippen LogP contribution in [0.3, 0.4) is 0 Å². The number of aryl methyl sites for hydroxylation is 8. The number of benzene rings is 3. The Bertz CT molecular complexity index is 4630. The standard InChI is InChI=1S/C15H13NO.2C14H11N.C13H9BrN2.C12H10N4.C12H10N2S/c1-12-4-2-7-15(16-12)9-8-13-5-3-6-14(10-13)11-17;1-12-6-5-9-14(15-12)11-10-13-7-3-2-4-8-13;1-12-7-9-14(15-11-12)10-8-13-5-3-2-4-6-13;1-10-3-2-4-13(16-10)6-5-11-7-12(14)9-15-8-11;1-9-4-3-5-11(14-9)6-7-12-15-10(2)8-13-16-12;1-9-4-3-5-11(13-9)6-7-12-8-15-10(2)14-12/h2-7,10,17H,11H2,1H3;2-9H,1H3;2-7,9,11H,1H3;2-4,7-9H,1H3;3-5,8H,1-2H3;3-5,8H,1-2H3. The molecule has 0 unspecified atom stereocenters. The van der Waals surface area contributed by atoms with Crippen LogP contribution in [0.2, 0.25) is 0 Å². The maximum absolute atomic E-state index is 9.02. The molecule has 12 aromatic rings. The monoisotopic (exact) mass is 1310 g/mol. The molecule has 0 aliphatic rings. The van der Waals surface area contributed by atoms with Gasteiger partial charge in [0.05, 0.1) is 23.5 Å². The normalized spacial score (nSPS) is 9.34. The molecule has 458 valence electrons. The summed E-state index contributed by atoms with van der Waals surface area (Å²) >= 11 is 4.96. The van der Waals surface area contributed by atoms with Crippen molar-refractivity contribution in [1.29, 1.82) is 0 Å². The second-order valence-electron chi connectivity index (χ2n) is 20.2. The van der Waals surface area contributed by atoms with Gasteiger partial charge in [0.2, 0.25) is 5.82 Å². The molecule has 0 fully saturated rings. The zero-order chi connectivity index (χ0) is 66.5. The van der Waals surface area contributed by atoms with Crippen molar-refractivity contribution in [2.45, 2.75) is 62.0 Å². The fourth-order valence-electron chi connectivity index (χ4n) is 7.53. The largest absolute Gasteiger partial charge is 0.392 e. The number of nitrogens with zero attached hydrogens (tertiary/aromatic N) is 11. The smallest absolute Gasteiger partial charge is 0.226 e. The quantitative estimate of drug-likeness (QED) is 0.155. The molecule has 3 aromatic carbocycles. The summed E-state index contributed by atoms with van der Waals surface area (Å²) in [5.41, 5.74) is 17.0. The van der Waals surface area contributed by atoms with Crippen LogP contribution in [0.25, 0.3) is 0 Å². The van der Waals surface area contributed by atoms with E-state index in [4.69, 9.17) is 5.11 Å². The number of halogens is 1. The van der Waals surface area contributed by atoms with Crippen molar-refractivity contribution in [2.24, 2.45) is 0 Å². The van der Waals surface area contributed by atoms with Crippen LogP contribution in [0.4, 0.5) is 0 Å². The molecule has 0 spiro atoms. The maximum Gasteiger partial charge on any atom is 0.226 e. The second kappa shape index (κ2) is 38.6. The van der Waals surface area contributed by atoms with Crippen LogP contribution >= 0.6 is 27.3 Å². The van der Waals surface area contributed by atoms with E-state index in [9.17, 15) is 0 Å². The number of pyridine rings is 7. The highest BCUT2D eigenvalue weighted by atomic mass is 79.9. The van der Waals surface area contributed by atoms with Gasteiger partial charge < -0.3 is 5.11 Å². The van der Waals surface area contributed by atoms with E-state index in [0.29, 0.717) is 11.5 Å². The van der Waals surface area contributed by atoms with E-state index < -0.39 is 0 Å². The summed E-state index contributed by atoms with van der Waals surface area (Å²) < 4.78 is 0.927. The molecule has 0 aliphatic heterocycles. The predicted octanol–water partition coefficient (Wildman–Crippen LogP) is 14.6. The molecule has 9 aromatic heterocycles. The Balaban J connectivity index is 0.000000160. The Labute approximate surface area is 563 Å². The molecule has 12 nitrogen and oxygen atoms in total. The number of rotatable bonds is 1. The van der Waals surface area contributed by atoms with Crippen LogP contribution in [0.1, 0.15) is 118 Å². The first-order chi connectivity index (χ1) is 45.7. The Hall–Kier alpha value is -11.9. The Morgan fingerprint density at radius 1 is 0.351 bits per heavy atom.